The van der Waals surface area contributed by atoms with Crippen LogP contribution < -0.4 is 14.0 Å². The summed E-state index contributed by atoms with van der Waals surface area (Å²) < 4.78 is 12.7. The minimum Gasteiger partial charge on any atom is -0.422 e. The first-order chi connectivity index (χ1) is 12.0. The van der Waals surface area contributed by atoms with E-state index in [0.29, 0.717) is 25.7 Å². The van der Waals surface area contributed by atoms with Crippen molar-refractivity contribution < 1.29 is 23.6 Å². The molecule has 0 aliphatic heterocycles. The molecule has 0 saturated carbocycles. The Morgan fingerprint density at radius 3 is 2.16 bits per heavy atom. The summed E-state index contributed by atoms with van der Waals surface area (Å²) in [7, 11) is 1.86. The molecule has 7 heteroatoms. The van der Waals surface area contributed by atoms with E-state index >= 15 is 0 Å². The minimum absolute atomic E-state index is 0.249. The van der Waals surface area contributed by atoms with Crippen LogP contribution in [0, 0.1) is 0 Å². The minimum atomic E-state index is -0.353. The van der Waals surface area contributed by atoms with Crippen molar-refractivity contribution in [2.45, 2.75) is 44.6 Å². The first-order valence-electron chi connectivity index (χ1n) is 8.27. The number of rotatable bonds is 7. The highest BCUT2D eigenvalue weighted by atomic mass is 32.2. The molecule has 0 radical (unpaired) electrons. The lowest BCUT2D eigenvalue weighted by Crippen LogP contribution is -2.29. The van der Waals surface area contributed by atoms with Gasteiger partial charge >= 0.3 is 11.9 Å². The smallest absolute Gasteiger partial charge is 0.311 e. The highest BCUT2D eigenvalue weighted by Gasteiger charge is 2.20. The lowest BCUT2D eigenvalue weighted by Gasteiger charge is -2.12. The van der Waals surface area contributed by atoms with Gasteiger partial charge in [-0.25, -0.2) is 4.57 Å². The Kier molecular flexibility index (Phi) is 6.75. The molecule has 0 fully saturated rings. The Morgan fingerprint density at radius 1 is 1.08 bits per heavy atom. The van der Waals surface area contributed by atoms with Gasteiger partial charge in [0.05, 0.1) is 12.4 Å². The molecule has 0 atom stereocenters. The molecule has 6 nitrogen and oxygen atoms in total. The van der Waals surface area contributed by atoms with Crippen molar-refractivity contribution in [2.24, 2.45) is 7.05 Å². The Bertz CT molecular complexity index is 792. The second-order valence-corrected chi connectivity index (χ2v) is 6.42. The van der Waals surface area contributed by atoms with Gasteiger partial charge in [-0.05, 0) is 24.1 Å². The molecule has 134 valence electrons. The summed E-state index contributed by atoms with van der Waals surface area (Å²) >= 11 is 1.50. The average molecular weight is 363 g/mol. The highest BCUT2D eigenvalue weighted by molar-refractivity contribution is 7.98. The lowest BCUT2D eigenvalue weighted by atomic mass is 10.2. The number of nitrogens with zero attached hydrogens (tertiary/aromatic N) is 2. The molecule has 0 aliphatic rings. The van der Waals surface area contributed by atoms with Crippen molar-refractivity contribution >= 4 is 34.6 Å². The number of ether oxygens (including phenoxy) is 2. The molecule has 1 aromatic heterocycles. The van der Waals surface area contributed by atoms with E-state index in [4.69, 9.17) is 9.47 Å². The number of carbonyl (C=O) groups excluding carboxylic acids is 2. The van der Waals surface area contributed by atoms with E-state index in [1.807, 2.05) is 31.7 Å². The van der Waals surface area contributed by atoms with E-state index in [0.717, 1.165) is 15.9 Å². The van der Waals surface area contributed by atoms with Crippen LogP contribution >= 0.6 is 11.8 Å². The summed E-state index contributed by atoms with van der Waals surface area (Å²) in [4.78, 5) is 28.3. The van der Waals surface area contributed by atoms with Crippen molar-refractivity contribution in [1.29, 1.82) is 0 Å². The Balaban J connectivity index is 2.55. The van der Waals surface area contributed by atoms with E-state index in [1.54, 1.807) is 18.5 Å². The first kappa shape index (κ1) is 19.2. The SMILES string of the molecule is CCCC(=O)Oc1cc2c(SC)nc[n+](C)c2cc1OC(=O)CCC. The number of esters is 2. The van der Waals surface area contributed by atoms with Crippen molar-refractivity contribution in [3.8, 4) is 11.5 Å². The second-order valence-electron chi connectivity index (χ2n) is 5.63. The molecule has 1 heterocycles. The standard InChI is InChI=1S/C18H23N2O4S/c1-5-7-16(21)23-14-9-12-13(20(3)11-19-18(12)25-4)10-15(14)24-17(22)8-6-2/h9-11H,5-8H2,1-4H3/q+1. The van der Waals surface area contributed by atoms with Gasteiger partial charge in [-0.15, -0.1) is 0 Å². The molecule has 2 aromatic rings. The third kappa shape index (κ3) is 4.69. The van der Waals surface area contributed by atoms with Gasteiger partial charge in [0.25, 0.3) is 6.33 Å². The lowest BCUT2D eigenvalue weighted by molar-refractivity contribution is -0.648. The average Bonchev–Trinajstić information content (AvgIpc) is 2.57. The topological polar surface area (TPSA) is 69.4 Å². The van der Waals surface area contributed by atoms with Crippen LogP contribution in [0.1, 0.15) is 39.5 Å². The summed E-state index contributed by atoms with van der Waals surface area (Å²) in [6.07, 6.45) is 5.61. The number of benzene rings is 1. The third-order valence-corrected chi connectivity index (χ3v) is 4.28. The molecule has 0 unspecified atom stereocenters. The first-order valence-corrected chi connectivity index (χ1v) is 9.50. The summed E-state index contributed by atoms with van der Waals surface area (Å²) in [5.74, 6) is -0.201. The zero-order chi connectivity index (χ0) is 18.4. The largest absolute Gasteiger partial charge is 0.422 e. The van der Waals surface area contributed by atoms with Crippen LogP contribution in [-0.2, 0) is 16.6 Å². The Morgan fingerprint density at radius 2 is 1.64 bits per heavy atom. The molecule has 0 amide bonds. The van der Waals surface area contributed by atoms with Gasteiger partial charge in [0, 0.05) is 25.0 Å². The summed E-state index contributed by atoms with van der Waals surface area (Å²) in [5.41, 5.74) is 0.842. The highest BCUT2D eigenvalue weighted by Crippen LogP contribution is 2.35. The van der Waals surface area contributed by atoms with Gasteiger partial charge in [-0.2, -0.15) is 0 Å². The fourth-order valence-electron chi connectivity index (χ4n) is 2.36. The number of thioether (sulfide) groups is 1. The van der Waals surface area contributed by atoms with Gasteiger partial charge in [0.1, 0.15) is 5.52 Å². The number of aromatic nitrogens is 2. The summed E-state index contributed by atoms with van der Waals surface area (Å²) in [6, 6.07) is 3.44. The van der Waals surface area contributed by atoms with Crippen LogP contribution in [-0.4, -0.2) is 23.2 Å². The number of carbonyl (C=O) groups is 2. The maximum atomic E-state index is 11.9. The fourth-order valence-corrected chi connectivity index (χ4v) is 2.90. The molecule has 0 aliphatic carbocycles. The van der Waals surface area contributed by atoms with Crippen LogP contribution in [0.3, 0.4) is 0 Å². The molecular formula is C18H23N2O4S+. The van der Waals surface area contributed by atoms with Crippen molar-refractivity contribution in [1.82, 2.24) is 4.98 Å². The molecule has 0 saturated heterocycles. The second kappa shape index (κ2) is 8.80. The number of hydrogen-bond acceptors (Lipinski definition) is 6. The van der Waals surface area contributed by atoms with E-state index in [9.17, 15) is 9.59 Å². The molecular weight excluding hydrogens is 340 g/mol. The van der Waals surface area contributed by atoms with Crippen LogP contribution in [0.2, 0.25) is 0 Å². The van der Waals surface area contributed by atoms with Crippen molar-refractivity contribution in [3.05, 3.63) is 18.5 Å². The van der Waals surface area contributed by atoms with Gasteiger partial charge in [-0.1, -0.05) is 25.6 Å². The normalized spacial score (nSPS) is 10.7. The Labute approximate surface area is 151 Å². The predicted molar refractivity (Wildman–Crippen MR) is 95.8 cm³/mol. The fraction of sp³-hybridized carbons (Fsp3) is 0.444. The van der Waals surface area contributed by atoms with Gasteiger partial charge in [0.2, 0.25) is 5.03 Å². The number of aryl methyl sites for hydroxylation is 1. The van der Waals surface area contributed by atoms with E-state index in [-0.39, 0.29) is 23.4 Å². The third-order valence-electron chi connectivity index (χ3n) is 3.57. The molecule has 1 aromatic carbocycles. The quantitative estimate of drug-likeness (QED) is 0.247. The molecule has 2 rings (SSSR count). The van der Waals surface area contributed by atoms with E-state index < -0.39 is 0 Å². The number of fused-ring (bicyclic) bond motifs is 1. The van der Waals surface area contributed by atoms with E-state index in [2.05, 4.69) is 4.98 Å². The van der Waals surface area contributed by atoms with E-state index in [1.165, 1.54) is 11.8 Å². The monoisotopic (exact) mass is 363 g/mol. The van der Waals surface area contributed by atoms with Crippen LogP contribution in [0.4, 0.5) is 0 Å². The molecule has 25 heavy (non-hydrogen) atoms. The van der Waals surface area contributed by atoms with Crippen molar-refractivity contribution in [3.63, 3.8) is 0 Å². The zero-order valence-corrected chi connectivity index (χ0v) is 15.8. The van der Waals surface area contributed by atoms with Crippen LogP contribution in [0.15, 0.2) is 23.5 Å². The predicted octanol–water partition coefficient (Wildman–Crippen LogP) is 3.19. The van der Waals surface area contributed by atoms with Gasteiger partial charge < -0.3 is 9.47 Å². The van der Waals surface area contributed by atoms with Gasteiger partial charge in [0.15, 0.2) is 11.5 Å². The van der Waals surface area contributed by atoms with Gasteiger partial charge in [-0.3, -0.25) is 9.59 Å². The Hall–Kier alpha value is -2.15. The maximum absolute atomic E-state index is 11.9. The van der Waals surface area contributed by atoms with Crippen LogP contribution in [0.5, 0.6) is 11.5 Å². The summed E-state index contributed by atoms with van der Waals surface area (Å²) in [5, 5.41) is 1.65. The molecule has 0 N–H and O–H groups in total. The summed E-state index contributed by atoms with van der Waals surface area (Å²) in [6.45, 7) is 3.81. The zero-order valence-electron chi connectivity index (χ0n) is 15.0. The van der Waals surface area contributed by atoms with Crippen molar-refractivity contribution in [2.75, 3.05) is 6.26 Å². The molecule has 0 spiro atoms. The maximum Gasteiger partial charge on any atom is 0.311 e. The van der Waals surface area contributed by atoms with Crippen LogP contribution in [0.25, 0.3) is 10.9 Å². The number of hydrogen-bond donors (Lipinski definition) is 0. The molecule has 0 bridgehead atoms.